The van der Waals surface area contributed by atoms with Gasteiger partial charge in [-0.05, 0) is 18.6 Å². The summed E-state index contributed by atoms with van der Waals surface area (Å²) in [6.07, 6.45) is 2.56. The number of pyridine rings is 1. The second-order valence-corrected chi connectivity index (χ2v) is 3.88. The lowest BCUT2D eigenvalue weighted by molar-refractivity contribution is 0.0941. The third kappa shape index (κ3) is 2.49. The van der Waals surface area contributed by atoms with Gasteiger partial charge in [-0.1, -0.05) is 0 Å². The molecule has 0 spiro atoms. The predicted octanol–water partition coefficient (Wildman–Crippen LogP) is 0.430. The molecule has 1 atom stereocenters. The summed E-state index contributed by atoms with van der Waals surface area (Å²) in [6, 6.07) is 3.37. The Hall–Kier alpha value is -1.62. The van der Waals surface area contributed by atoms with Crippen LogP contribution in [0.25, 0.3) is 0 Å². The van der Waals surface area contributed by atoms with E-state index >= 15 is 0 Å². The molecule has 5 heteroatoms. The zero-order valence-corrected chi connectivity index (χ0v) is 8.98. The first-order valence-corrected chi connectivity index (χ1v) is 5.34. The Kier molecular flexibility index (Phi) is 3.36. The van der Waals surface area contributed by atoms with Crippen LogP contribution < -0.4 is 11.1 Å². The topological polar surface area (TPSA) is 77.2 Å². The molecule has 1 aliphatic heterocycles. The molecule has 1 amide bonds. The van der Waals surface area contributed by atoms with Crippen molar-refractivity contribution in [1.29, 1.82) is 0 Å². The molecule has 86 valence electrons. The van der Waals surface area contributed by atoms with Crippen LogP contribution in [0.2, 0.25) is 0 Å². The molecule has 2 rings (SSSR count). The van der Waals surface area contributed by atoms with Crippen molar-refractivity contribution in [2.45, 2.75) is 6.42 Å². The summed E-state index contributed by atoms with van der Waals surface area (Å²) in [5, 5.41) is 2.82. The highest BCUT2D eigenvalue weighted by atomic mass is 16.5. The van der Waals surface area contributed by atoms with Crippen molar-refractivity contribution in [2.75, 3.05) is 25.5 Å². The molecular formula is C11H15N3O2. The quantitative estimate of drug-likeness (QED) is 0.776. The van der Waals surface area contributed by atoms with Gasteiger partial charge in [0.05, 0.1) is 12.3 Å². The van der Waals surface area contributed by atoms with Gasteiger partial charge in [0.1, 0.15) is 0 Å². The molecular weight excluding hydrogens is 206 g/mol. The molecule has 1 saturated heterocycles. The van der Waals surface area contributed by atoms with Gasteiger partial charge in [0.15, 0.2) is 5.69 Å². The van der Waals surface area contributed by atoms with Gasteiger partial charge in [0.25, 0.3) is 5.91 Å². The fraction of sp³-hybridized carbons (Fsp3) is 0.455. The number of nitrogens with two attached hydrogens (primary N) is 1. The van der Waals surface area contributed by atoms with E-state index in [9.17, 15) is 4.79 Å². The van der Waals surface area contributed by atoms with Crippen LogP contribution in [-0.2, 0) is 4.74 Å². The lowest BCUT2D eigenvalue weighted by atomic mass is 10.1. The first kappa shape index (κ1) is 10.9. The maximum atomic E-state index is 11.7. The van der Waals surface area contributed by atoms with E-state index in [0.29, 0.717) is 23.8 Å². The fourth-order valence-corrected chi connectivity index (χ4v) is 1.67. The highest BCUT2D eigenvalue weighted by Gasteiger charge is 2.17. The fourth-order valence-electron chi connectivity index (χ4n) is 1.67. The first-order valence-electron chi connectivity index (χ1n) is 5.34. The summed E-state index contributed by atoms with van der Waals surface area (Å²) < 4.78 is 5.23. The third-order valence-corrected chi connectivity index (χ3v) is 2.63. The van der Waals surface area contributed by atoms with Gasteiger partial charge in [-0.2, -0.15) is 0 Å². The van der Waals surface area contributed by atoms with E-state index in [1.807, 2.05) is 0 Å². The van der Waals surface area contributed by atoms with Crippen molar-refractivity contribution < 1.29 is 9.53 Å². The van der Waals surface area contributed by atoms with Crippen LogP contribution in [0.15, 0.2) is 18.3 Å². The van der Waals surface area contributed by atoms with Gasteiger partial charge in [-0.15, -0.1) is 0 Å². The Morgan fingerprint density at radius 2 is 2.56 bits per heavy atom. The summed E-state index contributed by atoms with van der Waals surface area (Å²) >= 11 is 0. The zero-order valence-electron chi connectivity index (χ0n) is 8.98. The highest BCUT2D eigenvalue weighted by molar-refractivity contribution is 5.96. The van der Waals surface area contributed by atoms with Crippen molar-refractivity contribution in [2.24, 2.45) is 5.92 Å². The number of carbonyl (C=O) groups excluding carboxylic acids is 1. The minimum absolute atomic E-state index is 0.218. The lowest BCUT2D eigenvalue weighted by Crippen LogP contribution is -2.30. The van der Waals surface area contributed by atoms with E-state index in [2.05, 4.69) is 10.3 Å². The van der Waals surface area contributed by atoms with Crippen molar-refractivity contribution in [3.8, 4) is 0 Å². The Morgan fingerprint density at radius 3 is 3.25 bits per heavy atom. The summed E-state index contributed by atoms with van der Waals surface area (Å²) in [4.78, 5) is 15.7. The monoisotopic (exact) mass is 221 g/mol. The Balaban J connectivity index is 1.90. The SMILES string of the molecule is Nc1cccnc1C(=O)NCC1CCOC1. The number of nitrogen functional groups attached to an aromatic ring is 1. The molecule has 1 fully saturated rings. The standard InChI is InChI=1S/C11H15N3O2/c12-9-2-1-4-13-10(9)11(15)14-6-8-3-5-16-7-8/h1-2,4,8H,3,5-7,12H2,(H,14,15). The zero-order chi connectivity index (χ0) is 11.4. The minimum Gasteiger partial charge on any atom is -0.397 e. The molecule has 0 aromatic carbocycles. The van der Waals surface area contributed by atoms with Gasteiger partial charge in [-0.25, -0.2) is 4.98 Å². The van der Waals surface area contributed by atoms with Crippen LogP contribution in [0.4, 0.5) is 5.69 Å². The summed E-state index contributed by atoms with van der Waals surface area (Å²) in [5.41, 5.74) is 6.36. The minimum atomic E-state index is -0.218. The number of hydrogen-bond acceptors (Lipinski definition) is 4. The molecule has 1 aromatic rings. The van der Waals surface area contributed by atoms with E-state index in [0.717, 1.165) is 19.6 Å². The summed E-state index contributed by atoms with van der Waals surface area (Å²) in [6.45, 7) is 2.12. The van der Waals surface area contributed by atoms with Crippen molar-refractivity contribution in [3.05, 3.63) is 24.0 Å². The number of ether oxygens (including phenoxy) is 1. The van der Waals surface area contributed by atoms with Crippen molar-refractivity contribution in [3.63, 3.8) is 0 Å². The van der Waals surface area contributed by atoms with Gasteiger partial charge in [-0.3, -0.25) is 4.79 Å². The number of nitrogens with zero attached hydrogens (tertiary/aromatic N) is 1. The second-order valence-electron chi connectivity index (χ2n) is 3.88. The van der Waals surface area contributed by atoms with Crippen LogP contribution >= 0.6 is 0 Å². The number of nitrogens with one attached hydrogen (secondary N) is 1. The Bertz CT molecular complexity index is 375. The number of rotatable bonds is 3. The van der Waals surface area contributed by atoms with Gasteiger partial charge >= 0.3 is 0 Å². The Morgan fingerprint density at radius 1 is 1.69 bits per heavy atom. The van der Waals surface area contributed by atoms with E-state index in [-0.39, 0.29) is 5.91 Å². The lowest BCUT2D eigenvalue weighted by Gasteiger charge is -2.09. The number of anilines is 1. The summed E-state index contributed by atoms with van der Waals surface area (Å²) in [7, 11) is 0. The highest BCUT2D eigenvalue weighted by Crippen LogP contribution is 2.11. The molecule has 1 aliphatic rings. The molecule has 3 N–H and O–H groups in total. The van der Waals surface area contributed by atoms with Crippen molar-refractivity contribution in [1.82, 2.24) is 10.3 Å². The molecule has 0 bridgehead atoms. The maximum Gasteiger partial charge on any atom is 0.272 e. The normalized spacial score (nSPS) is 19.6. The summed E-state index contributed by atoms with van der Waals surface area (Å²) in [5.74, 6) is 0.193. The number of amides is 1. The smallest absolute Gasteiger partial charge is 0.272 e. The van der Waals surface area contributed by atoms with E-state index in [1.54, 1.807) is 18.3 Å². The molecule has 0 aliphatic carbocycles. The van der Waals surface area contributed by atoms with Crippen LogP contribution in [0.1, 0.15) is 16.9 Å². The Labute approximate surface area is 94.0 Å². The largest absolute Gasteiger partial charge is 0.397 e. The van der Waals surface area contributed by atoms with E-state index in [1.165, 1.54) is 0 Å². The molecule has 16 heavy (non-hydrogen) atoms. The van der Waals surface area contributed by atoms with Gasteiger partial charge in [0.2, 0.25) is 0 Å². The number of carbonyl (C=O) groups is 1. The molecule has 2 heterocycles. The maximum absolute atomic E-state index is 11.7. The van der Waals surface area contributed by atoms with Gasteiger partial charge < -0.3 is 15.8 Å². The van der Waals surface area contributed by atoms with E-state index < -0.39 is 0 Å². The van der Waals surface area contributed by atoms with E-state index in [4.69, 9.17) is 10.5 Å². The molecule has 1 aromatic heterocycles. The predicted molar refractivity (Wildman–Crippen MR) is 59.9 cm³/mol. The molecule has 0 radical (unpaired) electrons. The average molecular weight is 221 g/mol. The number of hydrogen-bond donors (Lipinski definition) is 2. The molecule has 0 saturated carbocycles. The average Bonchev–Trinajstić information content (AvgIpc) is 2.79. The van der Waals surface area contributed by atoms with Crippen molar-refractivity contribution >= 4 is 11.6 Å². The van der Waals surface area contributed by atoms with Crippen LogP contribution in [0.5, 0.6) is 0 Å². The first-order chi connectivity index (χ1) is 7.77. The second kappa shape index (κ2) is 4.94. The van der Waals surface area contributed by atoms with Crippen LogP contribution in [0.3, 0.4) is 0 Å². The molecule has 1 unspecified atom stereocenters. The molecule has 5 nitrogen and oxygen atoms in total. The van der Waals surface area contributed by atoms with Crippen LogP contribution in [-0.4, -0.2) is 30.6 Å². The number of aromatic nitrogens is 1. The third-order valence-electron chi connectivity index (χ3n) is 2.63. The van der Waals surface area contributed by atoms with Crippen LogP contribution in [0, 0.1) is 5.92 Å². The van der Waals surface area contributed by atoms with Gasteiger partial charge in [0, 0.05) is 25.3 Å².